The third kappa shape index (κ3) is 1.93. The van der Waals surface area contributed by atoms with Crippen molar-refractivity contribution in [3.05, 3.63) is 48.0 Å². The van der Waals surface area contributed by atoms with Crippen molar-refractivity contribution in [2.75, 3.05) is 0 Å². The molecule has 0 aliphatic heterocycles. The van der Waals surface area contributed by atoms with E-state index in [4.69, 9.17) is 0 Å². The monoisotopic (exact) mass is 204 g/mol. The molecule has 0 N–H and O–H groups in total. The summed E-state index contributed by atoms with van der Waals surface area (Å²) in [7, 11) is 0. The third-order valence-corrected chi connectivity index (χ3v) is 2.05. The summed E-state index contributed by atoms with van der Waals surface area (Å²) in [6.45, 7) is 0. The first-order chi connectivity index (χ1) is 7.31. The summed E-state index contributed by atoms with van der Waals surface area (Å²) in [5.41, 5.74) is 1.16. The average Bonchev–Trinajstić information content (AvgIpc) is 2.68. The Kier molecular flexibility index (Phi) is 2.58. The summed E-state index contributed by atoms with van der Waals surface area (Å²) < 4.78 is 14.8. The Labute approximate surface area is 86.2 Å². The van der Waals surface area contributed by atoms with E-state index in [-0.39, 0.29) is 5.82 Å². The van der Waals surface area contributed by atoms with Crippen molar-refractivity contribution in [1.29, 1.82) is 0 Å². The minimum Gasteiger partial charge on any atom is -0.303 e. The average molecular weight is 204 g/mol. The molecule has 1 aromatic carbocycles. The number of para-hydroxylation sites is 1. The summed E-state index contributed by atoms with van der Waals surface area (Å²) >= 11 is 0. The Hall–Kier alpha value is -1.97. The first kappa shape index (κ1) is 9.58. The Balaban J connectivity index is 2.37. The number of carbonyl (C=O) groups excluding carboxylic acids is 1. The second kappa shape index (κ2) is 4.04. The standard InChI is InChI=1S/C11H9FN2O/c12-10-3-1-2-4-11(10)14-8-9(5-6-15)7-13-14/h1-4,6-8H,5H2. The number of halogens is 1. The molecule has 1 heterocycles. The summed E-state index contributed by atoms with van der Waals surface area (Å²) in [4.78, 5) is 10.3. The van der Waals surface area contributed by atoms with Gasteiger partial charge in [0.1, 0.15) is 17.8 Å². The number of rotatable bonds is 3. The molecule has 0 aliphatic carbocycles. The van der Waals surface area contributed by atoms with Crippen LogP contribution in [0.1, 0.15) is 5.56 Å². The van der Waals surface area contributed by atoms with E-state index in [0.717, 1.165) is 11.8 Å². The fourth-order valence-corrected chi connectivity index (χ4v) is 1.33. The minimum absolute atomic E-state index is 0.300. The number of nitrogens with zero attached hydrogens (tertiary/aromatic N) is 2. The van der Waals surface area contributed by atoms with Gasteiger partial charge in [0.25, 0.3) is 0 Å². The van der Waals surface area contributed by atoms with Gasteiger partial charge in [0, 0.05) is 12.6 Å². The molecule has 0 saturated carbocycles. The van der Waals surface area contributed by atoms with Gasteiger partial charge in [0.2, 0.25) is 0 Å². The molecule has 0 atom stereocenters. The molecule has 2 aromatic rings. The Bertz CT molecular complexity index is 479. The van der Waals surface area contributed by atoms with Crippen molar-refractivity contribution in [3.8, 4) is 5.69 Å². The molecular weight excluding hydrogens is 195 g/mol. The quantitative estimate of drug-likeness (QED) is 0.714. The van der Waals surface area contributed by atoms with Crippen LogP contribution in [-0.2, 0) is 11.2 Å². The van der Waals surface area contributed by atoms with E-state index in [1.54, 1.807) is 30.6 Å². The van der Waals surface area contributed by atoms with Gasteiger partial charge in [0.15, 0.2) is 0 Å². The molecule has 0 amide bonds. The largest absolute Gasteiger partial charge is 0.303 e. The number of aldehydes is 1. The highest BCUT2D eigenvalue weighted by molar-refractivity contribution is 5.54. The molecule has 0 unspecified atom stereocenters. The molecule has 2 rings (SSSR count). The van der Waals surface area contributed by atoms with Crippen LogP contribution >= 0.6 is 0 Å². The molecule has 0 radical (unpaired) electrons. The molecule has 76 valence electrons. The number of carbonyl (C=O) groups is 1. The van der Waals surface area contributed by atoms with Crippen molar-refractivity contribution in [2.24, 2.45) is 0 Å². The van der Waals surface area contributed by atoms with Crippen molar-refractivity contribution in [3.63, 3.8) is 0 Å². The molecule has 15 heavy (non-hydrogen) atoms. The van der Waals surface area contributed by atoms with E-state index < -0.39 is 0 Å². The zero-order valence-electron chi connectivity index (χ0n) is 7.93. The molecule has 3 nitrogen and oxygen atoms in total. The number of benzene rings is 1. The molecule has 0 saturated heterocycles. The molecule has 0 fully saturated rings. The minimum atomic E-state index is -0.335. The highest BCUT2D eigenvalue weighted by Gasteiger charge is 2.04. The molecule has 0 bridgehead atoms. The Morgan fingerprint density at radius 2 is 2.20 bits per heavy atom. The van der Waals surface area contributed by atoms with Crippen LogP contribution in [0.25, 0.3) is 5.69 Å². The van der Waals surface area contributed by atoms with Crippen LogP contribution in [0.4, 0.5) is 4.39 Å². The summed E-state index contributed by atoms with van der Waals surface area (Å²) in [5.74, 6) is -0.335. The maximum absolute atomic E-state index is 13.3. The van der Waals surface area contributed by atoms with Gasteiger partial charge < -0.3 is 4.79 Å². The van der Waals surface area contributed by atoms with Gasteiger partial charge >= 0.3 is 0 Å². The van der Waals surface area contributed by atoms with Gasteiger partial charge in [-0.05, 0) is 17.7 Å². The lowest BCUT2D eigenvalue weighted by Crippen LogP contribution is -1.97. The summed E-state index contributed by atoms with van der Waals surface area (Å²) in [6.07, 6.45) is 4.30. The predicted molar refractivity (Wildman–Crippen MR) is 53.3 cm³/mol. The molecule has 0 aliphatic rings. The van der Waals surface area contributed by atoms with Gasteiger partial charge in [0.05, 0.1) is 6.20 Å². The fraction of sp³-hybridized carbons (Fsp3) is 0.0909. The van der Waals surface area contributed by atoms with Crippen LogP contribution in [0.2, 0.25) is 0 Å². The van der Waals surface area contributed by atoms with E-state index in [0.29, 0.717) is 12.1 Å². The van der Waals surface area contributed by atoms with Crippen LogP contribution in [0.3, 0.4) is 0 Å². The molecule has 4 heteroatoms. The van der Waals surface area contributed by atoms with Crippen LogP contribution in [-0.4, -0.2) is 16.1 Å². The Morgan fingerprint density at radius 3 is 2.93 bits per heavy atom. The second-order valence-corrected chi connectivity index (χ2v) is 3.12. The first-order valence-corrected chi connectivity index (χ1v) is 4.53. The fourth-order valence-electron chi connectivity index (χ4n) is 1.33. The van der Waals surface area contributed by atoms with E-state index in [1.807, 2.05) is 0 Å². The van der Waals surface area contributed by atoms with Gasteiger partial charge in [-0.2, -0.15) is 5.10 Å². The van der Waals surface area contributed by atoms with E-state index in [9.17, 15) is 9.18 Å². The van der Waals surface area contributed by atoms with Crippen molar-refractivity contribution in [2.45, 2.75) is 6.42 Å². The number of aromatic nitrogens is 2. The molecular formula is C11H9FN2O. The van der Waals surface area contributed by atoms with Crippen LogP contribution < -0.4 is 0 Å². The zero-order chi connectivity index (χ0) is 10.7. The topological polar surface area (TPSA) is 34.9 Å². The summed E-state index contributed by atoms with van der Waals surface area (Å²) in [5, 5.41) is 3.98. The molecule has 0 spiro atoms. The molecule has 1 aromatic heterocycles. The van der Waals surface area contributed by atoms with Gasteiger partial charge in [-0.15, -0.1) is 0 Å². The van der Waals surface area contributed by atoms with Crippen LogP contribution in [0.15, 0.2) is 36.7 Å². The van der Waals surface area contributed by atoms with E-state index >= 15 is 0 Å². The first-order valence-electron chi connectivity index (χ1n) is 4.53. The smallest absolute Gasteiger partial charge is 0.148 e. The highest BCUT2D eigenvalue weighted by Crippen LogP contribution is 2.12. The lowest BCUT2D eigenvalue weighted by molar-refractivity contribution is -0.107. The van der Waals surface area contributed by atoms with Crippen molar-refractivity contribution >= 4 is 6.29 Å². The van der Waals surface area contributed by atoms with E-state index in [1.165, 1.54) is 10.7 Å². The van der Waals surface area contributed by atoms with Gasteiger partial charge in [-0.3, -0.25) is 0 Å². The maximum Gasteiger partial charge on any atom is 0.148 e. The lowest BCUT2D eigenvalue weighted by Gasteiger charge is -2.01. The SMILES string of the molecule is O=CCc1cnn(-c2ccccc2F)c1. The third-order valence-electron chi connectivity index (χ3n) is 2.05. The van der Waals surface area contributed by atoms with Crippen LogP contribution in [0.5, 0.6) is 0 Å². The maximum atomic E-state index is 13.3. The van der Waals surface area contributed by atoms with Crippen molar-refractivity contribution in [1.82, 2.24) is 9.78 Å². The number of hydrogen-bond acceptors (Lipinski definition) is 2. The Morgan fingerprint density at radius 1 is 1.40 bits per heavy atom. The van der Waals surface area contributed by atoms with Crippen LogP contribution in [0, 0.1) is 5.82 Å². The van der Waals surface area contributed by atoms with E-state index in [2.05, 4.69) is 5.10 Å². The second-order valence-electron chi connectivity index (χ2n) is 3.12. The highest BCUT2D eigenvalue weighted by atomic mass is 19.1. The normalized spacial score (nSPS) is 10.2. The summed E-state index contributed by atoms with van der Waals surface area (Å²) in [6, 6.07) is 6.36. The van der Waals surface area contributed by atoms with Crippen molar-refractivity contribution < 1.29 is 9.18 Å². The number of hydrogen-bond donors (Lipinski definition) is 0. The lowest BCUT2D eigenvalue weighted by atomic mass is 10.3. The van der Waals surface area contributed by atoms with Gasteiger partial charge in [-0.25, -0.2) is 9.07 Å². The van der Waals surface area contributed by atoms with Gasteiger partial charge in [-0.1, -0.05) is 12.1 Å². The zero-order valence-corrected chi connectivity index (χ0v) is 7.93. The predicted octanol–water partition coefficient (Wildman–Crippen LogP) is 1.75.